The summed E-state index contributed by atoms with van der Waals surface area (Å²) in [6.07, 6.45) is 3.84. The first-order valence-electron chi connectivity index (χ1n) is 6.05. The highest BCUT2D eigenvalue weighted by Crippen LogP contribution is 2.19. The second-order valence-corrected chi connectivity index (χ2v) is 5.17. The molecule has 1 aromatic heterocycles. The van der Waals surface area contributed by atoms with Crippen LogP contribution in [0.4, 0.5) is 5.69 Å². The largest absolute Gasteiger partial charge is 0.375 e. The van der Waals surface area contributed by atoms with Crippen molar-refractivity contribution in [1.29, 1.82) is 0 Å². The van der Waals surface area contributed by atoms with E-state index in [4.69, 9.17) is 9.47 Å². The number of hydrogen-bond acceptors (Lipinski definition) is 4. The lowest BCUT2D eigenvalue weighted by atomic mass is 10.2. The van der Waals surface area contributed by atoms with Crippen molar-refractivity contribution in [3.8, 4) is 0 Å². The van der Waals surface area contributed by atoms with Crippen LogP contribution >= 0.6 is 0 Å². The fourth-order valence-electron chi connectivity index (χ4n) is 1.71. The Balaban J connectivity index is 1.89. The minimum Gasteiger partial charge on any atom is -0.375 e. The van der Waals surface area contributed by atoms with E-state index in [2.05, 4.69) is 24.3 Å². The summed E-state index contributed by atoms with van der Waals surface area (Å²) in [5, 5.41) is 7.64. The summed E-state index contributed by atoms with van der Waals surface area (Å²) >= 11 is 0. The van der Waals surface area contributed by atoms with Gasteiger partial charge in [-0.2, -0.15) is 5.10 Å². The molecule has 0 unspecified atom stereocenters. The third-order valence-electron chi connectivity index (χ3n) is 2.77. The predicted octanol–water partition coefficient (Wildman–Crippen LogP) is 2.03. The topological polar surface area (TPSA) is 48.3 Å². The van der Waals surface area contributed by atoms with Gasteiger partial charge in [0.15, 0.2) is 5.79 Å². The molecule has 0 radical (unpaired) electrons. The summed E-state index contributed by atoms with van der Waals surface area (Å²) in [6.45, 7) is 9.37. The van der Waals surface area contributed by atoms with Gasteiger partial charge in [0, 0.05) is 12.2 Å². The van der Waals surface area contributed by atoms with Crippen LogP contribution in [-0.4, -0.2) is 34.8 Å². The lowest BCUT2D eigenvalue weighted by molar-refractivity contribution is -0.247. The second-order valence-electron chi connectivity index (χ2n) is 5.17. The molecule has 2 rings (SSSR count). The Kier molecular flexibility index (Phi) is 3.40. The maximum Gasteiger partial charge on any atom is 0.162 e. The molecular formula is C12H21N3O2. The summed E-state index contributed by atoms with van der Waals surface area (Å²) in [4.78, 5) is 0. The molecule has 1 fully saturated rings. The maximum atomic E-state index is 5.59. The van der Waals surface area contributed by atoms with E-state index in [9.17, 15) is 0 Å². The van der Waals surface area contributed by atoms with Gasteiger partial charge in [-0.15, -0.1) is 0 Å². The molecule has 0 aromatic carbocycles. The van der Waals surface area contributed by atoms with E-state index in [0.29, 0.717) is 19.3 Å². The number of aromatic nitrogens is 2. The van der Waals surface area contributed by atoms with E-state index < -0.39 is 5.79 Å². The number of nitrogens with one attached hydrogen (secondary N) is 1. The number of nitrogens with zero attached hydrogens (tertiary/aromatic N) is 2. The van der Waals surface area contributed by atoms with E-state index in [-0.39, 0.29) is 6.04 Å². The third kappa shape index (κ3) is 3.20. The van der Waals surface area contributed by atoms with Crippen molar-refractivity contribution >= 4 is 5.69 Å². The zero-order chi connectivity index (χ0) is 12.5. The Morgan fingerprint density at radius 3 is 2.59 bits per heavy atom. The smallest absolute Gasteiger partial charge is 0.162 e. The molecule has 0 saturated carbocycles. The summed E-state index contributed by atoms with van der Waals surface area (Å²) in [5.41, 5.74) is 1.01. The van der Waals surface area contributed by atoms with Crippen molar-refractivity contribution in [2.24, 2.45) is 0 Å². The Hall–Kier alpha value is -1.07. The zero-order valence-electron chi connectivity index (χ0n) is 10.9. The molecule has 1 aliphatic rings. The van der Waals surface area contributed by atoms with Gasteiger partial charge in [0.2, 0.25) is 0 Å². The molecule has 5 nitrogen and oxygen atoms in total. The van der Waals surface area contributed by atoms with E-state index in [1.54, 1.807) is 0 Å². The van der Waals surface area contributed by atoms with Gasteiger partial charge in [-0.25, -0.2) is 0 Å². The van der Waals surface area contributed by atoms with Crippen LogP contribution in [-0.2, 0) is 9.47 Å². The monoisotopic (exact) mass is 239 g/mol. The van der Waals surface area contributed by atoms with E-state index in [0.717, 1.165) is 5.69 Å². The lowest BCUT2D eigenvalue weighted by Gasteiger charge is -2.35. The molecule has 1 aliphatic heterocycles. The van der Waals surface area contributed by atoms with E-state index in [1.807, 2.05) is 30.9 Å². The zero-order valence-corrected chi connectivity index (χ0v) is 10.9. The number of hydrogen-bond donors (Lipinski definition) is 1. The molecule has 0 amide bonds. The Morgan fingerprint density at radius 2 is 2.06 bits per heavy atom. The van der Waals surface area contributed by atoms with Crippen LogP contribution < -0.4 is 5.32 Å². The van der Waals surface area contributed by atoms with Crippen LogP contribution in [0.3, 0.4) is 0 Å². The van der Waals surface area contributed by atoms with E-state index >= 15 is 0 Å². The minimum atomic E-state index is -0.458. The molecule has 1 saturated heterocycles. The fraction of sp³-hybridized carbons (Fsp3) is 0.750. The SMILES string of the molecule is CC(C)n1cc(NC2COC(C)(C)OC2)cn1. The van der Waals surface area contributed by atoms with Crippen LogP contribution in [0.2, 0.25) is 0 Å². The van der Waals surface area contributed by atoms with Crippen LogP contribution in [0.5, 0.6) is 0 Å². The number of anilines is 1. The number of ether oxygens (including phenoxy) is 2. The molecule has 0 bridgehead atoms. The van der Waals surface area contributed by atoms with Crippen molar-refractivity contribution in [3.63, 3.8) is 0 Å². The van der Waals surface area contributed by atoms with Crippen LogP contribution in [0, 0.1) is 0 Å². The molecule has 5 heteroatoms. The van der Waals surface area contributed by atoms with Gasteiger partial charge < -0.3 is 14.8 Å². The van der Waals surface area contributed by atoms with Crippen molar-refractivity contribution in [2.75, 3.05) is 18.5 Å². The van der Waals surface area contributed by atoms with Gasteiger partial charge in [-0.1, -0.05) is 0 Å². The van der Waals surface area contributed by atoms with Crippen LogP contribution in [0.15, 0.2) is 12.4 Å². The van der Waals surface area contributed by atoms with Gasteiger partial charge in [0.25, 0.3) is 0 Å². The number of rotatable bonds is 3. The third-order valence-corrected chi connectivity index (χ3v) is 2.77. The first-order chi connectivity index (χ1) is 7.96. The van der Waals surface area contributed by atoms with Crippen molar-refractivity contribution in [1.82, 2.24) is 9.78 Å². The fourth-order valence-corrected chi connectivity index (χ4v) is 1.71. The lowest BCUT2D eigenvalue weighted by Crippen LogP contribution is -2.45. The highest BCUT2D eigenvalue weighted by atomic mass is 16.7. The average molecular weight is 239 g/mol. The first-order valence-corrected chi connectivity index (χ1v) is 6.05. The Morgan fingerprint density at radius 1 is 1.41 bits per heavy atom. The molecular weight excluding hydrogens is 218 g/mol. The van der Waals surface area contributed by atoms with Gasteiger partial charge in [-0.3, -0.25) is 4.68 Å². The van der Waals surface area contributed by atoms with Gasteiger partial charge in [0.1, 0.15) is 0 Å². The van der Waals surface area contributed by atoms with Crippen molar-refractivity contribution < 1.29 is 9.47 Å². The Bertz CT molecular complexity index is 364. The minimum absolute atomic E-state index is 0.188. The van der Waals surface area contributed by atoms with Gasteiger partial charge >= 0.3 is 0 Å². The van der Waals surface area contributed by atoms with Gasteiger partial charge in [-0.05, 0) is 27.7 Å². The molecule has 1 N–H and O–H groups in total. The molecule has 0 aliphatic carbocycles. The normalized spacial score (nSPS) is 20.8. The summed E-state index contributed by atoms with van der Waals surface area (Å²) < 4.78 is 13.1. The average Bonchev–Trinajstić information content (AvgIpc) is 2.70. The highest BCUT2D eigenvalue weighted by molar-refractivity contribution is 5.39. The van der Waals surface area contributed by atoms with Gasteiger partial charge in [0.05, 0.1) is 31.1 Å². The quantitative estimate of drug-likeness (QED) is 0.876. The van der Waals surface area contributed by atoms with Crippen molar-refractivity contribution in [3.05, 3.63) is 12.4 Å². The maximum absolute atomic E-state index is 5.59. The van der Waals surface area contributed by atoms with Crippen LogP contribution in [0.25, 0.3) is 0 Å². The summed E-state index contributed by atoms with van der Waals surface area (Å²) in [7, 11) is 0. The van der Waals surface area contributed by atoms with Crippen LogP contribution in [0.1, 0.15) is 33.7 Å². The summed E-state index contributed by atoms with van der Waals surface area (Å²) in [6, 6.07) is 0.566. The molecule has 17 heavy (non-hydrogen) atoms. The highest BCUT2D eigenvalue weighted by Gasteiger charge is 2.28. The molecule has 0 spiro atoms. The summed E-state index contributed by atoms with van der Waals surface area (Å²) in [5.74, 6) is -0.458. The molecule has 2 heterocycles. The standard InChI is InChI=1S/C12H21N3O2/c1-9(2)15-6-10(5-13-15)14-11-7-16-12(3,4)17-8-11/h5-6,9,11,14H,7-8H2,1-4H3. The molecule has 0 atom stereocenters. The van der Waals surface area contributed by atoms with E-state index in [1.165, 1.54) is 0 Å². The molecule has 96 valence electrons. The first kappa shape index (κ1) is 12.4. The molecule has 1 aromatic rings. The Labute approximate surface area is 102 Å². The predicted molar refractivity (Wildman–Crippen MR) is 66.0 cm³/mol. The van der Waals surface area contributed by atoms with Crippen molar-refractivity contribution in [2.45, 2.75) is 45.6 Å². The second kappa shape index (κ2) is 4.66.